The molecule has 0 aromatic heterocycles. The van der Waals surface area contributed by atoms with Gasteiger partial charge in [0.05, 0.1) is 0 Å². The van der Waals surface area contributed by atoms with Crippen LogP contribution in [0.25, 0.3) is 0 Å². The average molecular weight is 213 g/mol. The third-order valence-electron chi connectivity index (χ3n) is 2.04. The maximum atomic E-state index is 11.6. The molecule has 0 unspecified atom stereocenters. The van der Waals surface area contributed by atoms with Crippen LogP contribution in [0.1, 0.15) is 5.56 Å². The molecule has 1 aliphatic rings. The summed E-state index contributed by atoms with van der Waals surface area (Å²) < 4.78 is 31.0. The fourth-order valence-corrected chi connectivity index (χ4v) is 2.50. The van der Waals surface area contributed by atoms with Crippen molar-refractivity contribution < 1.29 is 13.2 Å². The van der Waals surface area contributed by atoms with E-state index in [0.29, 0.717) is 18.9 Å². The highest BCUT2D eigenvalue weighted by Gasteiger charge is 2.21. The number of ether oxygens (including phenoxy) is 1. The van der Waals surface area contributed by atoms with Crippen molar-refractivity contribution in [3.8, 4) is 5.75 Å². The summed E-state index contributed by atoms with van der Waals surface area (Å²) in [6.07, 6.45) is 0. The molecule has 4 nitrogen and oxygen atoms in total. The van der Waals surface area contributed by atoms with Crippen LogP contribution in [0.3, 0.4) is 0 Å². The van der Waals surface area contributed by atoms with Gasteiger partial charge in [-0.15, -0.1) is 0 Å². The van der Waals surface area contributed by atoms with E-state index < -0.39 is 10.0 Å². The maximum absolute atomic E-state index is 11.6. The van der Waals surface area contributed by atoms with E-state index in [1.54, 1.807) is 18.2 Å². The van der Waals surface area contributed by atoms with Crippen LogP contribution < -0.4 is 9.46 Å². The fraction of sp³-hybridized carbons (Fsp3) is 0.333. The van der Waals surface area contributed by atoms with Crippen LogP contribution >= 0.6 is 0 Å². The molecule has 0 bridgehead atoms. The van der Waals surface area contributed by atoms with Crippen molar-refractivity contribution in [2.24, 2.45) is 0 Å². The molecule has 76 valence electrons. The van der Waals surface area contributed by atoms with Gasteiger partial charge in [0, 0.05) is 6.54 Å². The molecule has 0 saturated heterocycles. The minimum Gasteiger partial charge on any atom is -0.491 e. The Morgan fingerprint density at radius 1 is 1.43 bits per heavy atom. The molecule has 1 aromatic rings. The van der Waals surface area contributed by atoms with Gasteiger partial charge >= 0.3 is 0 Å². The fourth-order valence-electron chi connectivity index (χ4n) is 1.36. The Hall–Kier alpha value is -1.07. The molecule has 0 amide bonds. The Morgan fingerprint density at radius 3 is 3.00 bits per heavy atom. The van der Waals surface area contributed by atoms with Crippen LogP contribution in [0.2, 0.25) is 0 Å². The summed E-state index contributed by atoms with van der Waals surface area (Å²) in [5.74, 6) is 0.440. The van der Waals surface area contributed by atoms with Crippen molar-refractivity contribution in [3.05, 3.63) is 23.8 Å². The molecule has 0 aliphatic carbocycles. The quantitative estimate of drug-likeness (QED) is 0.689. The monoisotopic (exact) mass is 213 g/mol. The number of aryl methyl sites for hydroxylation is 1. The zero-order valence-electron chi connectivity index (χ0n) is 7.78. The summed E-state index contributed by atoms with van der Waals surface area (Å²) in [6, 6.07) is 5.06. The largest absolute Gasteiger partial charge is 0.491 e. The highest BCUT2D eigenvalue weighted by atomic mass is 32.2. The standard InChI is InChI=1S/C9H11NO3S/c1-7-2-3-9-8(6-7)13-5-4-10-14(9,11)12/h2-3,6,10H,4-5H2,1H3. The van der Waals surface area contributed by atoms with Gasteiger partial charge in [-0.2, -0.15) is 0 Å². The van der Waals surface area contributed by atoms with Gasteiger partial charge in [-0.05, 0) is 24.6 Å². The lowest BCUT2D eigenvalue weighted by Gasteiger charge is -2.06. The van der Waals surface area contributed by atoms with Crippen molar-refractivity contribution in [1.29, 1.82) is 0 Å². The smallest absolute Gasteiger partial charge is 0.244 e. The van der Waals surface area contributed by atoms with Crippen LogP contribution in [0.15, 0.2) is 23.1 Å². The van der Waals surface area contributed by atoms with E-state index in [1.165, 1.54) is 0 Å². The second-order valence-electron chi connectivity index (χ2n) is 3.20. The van der Waals surface area contributed by atoms with Gasteiger partial charge in [-0.1, -0.05) is 6.07 Å². The predicted molar refractivity (Wildman–Crippen MR) is 51.9 cm³/mol. The summed E-state index contributed by atoms with van der Waals surface area (Å²) in [5.41, 5.74) is 0.987. The van der Waals surface area contributed by atoms with Gasteiger partial charge in [0.2, 0.25) is 10.0 Å². The molecule has 14 heavy (non-hydrogen) atoms. The van der Waals surface area contributed by atoms with Crippen LogP contribution in [0.5, 0.6) is 5.75 Å². The molecule has 2 rings (SSSR count). The number of benzene rings is 1. The maximum Gasteiger partial charge on any atom is 0.244 e. The van der Waals surface area contributed by atoms with Crippen molar-refractivity contribution in [2.45, 2.75) is 11.8 Å². The van der Waals surface area contributed by atoms with Crippen LogP contribution in [0, 0.1) is 6.92 Å². The average Bonchev–Trinajstić information content (AvgIpc) is 2.25. The van der Waals surface area contributed by atoms with E-state index in [4.69, 9.17) is 4.74 Å². The van der Waals surface area contributed by atoms with E-state index in [9.17, 15) is 8.42 Å². The summed E-state index contributed by atoms with van der Waals surface area (Å²) in [5, 5.41) is 0. The lowest BCUT2D eigenvalue weighted by Crippen LogP contribution is -2.24. The Bertz CT molecular complexity index is 453. The SMILES string of the molecule is Cc1ccc2c(c1)OCCNS2(=O)=O. The molecule has 0 atom stereocenters. The highest BCUT2D eigenvalue weighted by molar-refractivity contribution is 7.89. The third kappa shape index (κ3) is 1.60. The molecule has 0 saturated carbocycles. The summed E-state index contributed by atoms with van der Waals surface area (Å²) >= 11 is 0. The molecule has 0 radical (unpaired) electrons. The van der Waals surface area contributed by atoms with Crippen molar-refractivity contribution in [3.63, 3.8) is 0 Å². The lowest BCUT2D eigenvalue weighted by molar-refractivity contribution is 0.321. The Kier molecular flexibility index (Phi) is 2.20. The first kappa shape index (κ1) is 9.48. The van der Waals surface area contributed by atoms with E-state index in [0.717, 1.165) is 5.56 Å². The summed E-state index contributed by atoms with van der Waals surface area (Å²) in [7, 11) is -3.37. The van der Waals surface area contributed by atoms with Crippen molar-refractivity contribution in [1.82, 2.24) is 4.72 Å². The first-order chi connectivity index (χ1) is 6.59. The molecule has 1 N–H and O–H groups in total. The van der Waals surface area contributed by atoms with Crippen molar-refractivity contribution >= 4 is 10.0 Å². The zero-order chi connectivity index (χ0) is 10.2. The number of sulfonamides is 1. The van der Waals surface area contributed by atoms with E-state index in [1.807, 2.05) is 6.92 Å². The van der Waals surface area contributed by atoms with Gasteiger partial charge in [0.15, 0.2) is 0 Å². The molecule has 1 aliphatic heterocycles. The topological polar surface area (TPSA) is 55.4 Å². The summed E-state index contributed by atoms with van der Waals surface area (Å²) in [6.45, 7) is 2.58. The first-order valence-corrected chi connectivity index (χ1v) is 5.81. The molecular formula is C9H11NO3S. The third-order valence-corrected chi connectivity index (χ3v) is 3.54. The van der Waals surface area contributed by atoms with Gasteiger partial charge in [-0.3, -0.25) is 0 Å². The molecule has 1 aromatic carbocycles. The van der Waals surface area contributed by atoms with Crippen LogP contribution in [0.4, 0.5) is 0 Å². The minimum absolute atomic E-state index is 0.223. The van der Waals surface area contributed by atoms with Crippen molar-refractivity contribution in [2.75, 3.05) is 13.2 Å². The van der Waals surface area contributed by atoms with E-state index in [2.05, 4.69) is 4.72 Å². The molecular weight excluding hydrogens is 202 g/mol. The molecule has 0 spiro atoms. The number of hydrogen-bond acceptors (Lipinski definition) is 3. The van der Waals surface area contributed by atoms with E-state index >= 15 is 0 Å². The molecule has 5 heteroatoms. The second kappa shape index (κ2) is 3.25. The first-order valence-electron chi connectivity index (χ1n) is 4.33. The number of hydrogen-bond donors (Lipinski definition) is 1. The van der Waals surface area contributed by atoms with Gasteiger partial charge < -0.3 is 4.74 Å². The molecule has 1 heterocycles. The predicted octanol–water partition coefficient (Wildman–Crippen LogP) is 0.666. The molecule has 0 fully saturated rings. The zero-order valence-corrected chi connectivity index (χ0v) is 8.60. The van der Waals surface area contributed by atoms with Gasteiger partial charge in [0.1, 0.15) is 17.3 Å². The Balaban J connectivity index is 2.62. The lowest BCUT2D eigenvalue weighted by atomic mass is 10.2. The highest BCUT2D eigenvalue weighted by Crippen LogP contribution is 2.26. The van der Waals surface area contributed by atoms with Crippen LogP contribution in [-0.4, -0.2) is 21.6 Å². The van der Waals surface area contributed by atoms with Gasteiger partial charge in [0.25, 0.3) is 0 Å². The number of rotatable bonds is 0. The normalized spacial score (nSPS) is 19.2. The Labute approximate surface area is 82.9 Å². The van der Waals surface area contributed by atoms with Gasteiger partial charge in [-0.25, -0.2) is 13.1 Å². The summed E-state index contributed by atoms with van der Waals surface area (Å²) in [4.78, 5) is 0.223. The number of fused-ring (bicyclic) bond motifs is 1. The van der Waals surface area contributed by atoms with E-state index in [-0.39, 0.29) is 4.90 Å². The van der Waals surface area contributed by atoms with Crippen LogP contribution in [-0.2, 0) is 10.0 Å². The minimum atomic E-state index is -3.37. The second-order valence-corrected chi connectivity index (χ2v) is 4.93. The Morgan fingerprint density at radius 2 is 2.21 bits per heavy atom. The number of nitrogens with one attached hydrogen (secondary N) is 1.